The Balaban J connectivity index is 1.82. The quantitative estimate of drug-likeness (QED) is 0.911. The average molecular weight is 351 g/mol. The number of aliphatic carboxylic acids is 1. The van der Waals surface area contributed by atoms with Crippen LogP contribution in [0, 0.1) is 20.8 Å². The first-order valence-corrected chi connectivity index (χ1v) is 9.04. The van der Waals surface area contributed by atoms with E-state index in [-0.39, 0.29) is 12.3 Å². The zero-order valence-electron chi connectivity index (χ0n) is 15.6. The Bertz CT molecular complexity index is 870. The summed E-state index contributed by atoms with van der Waals surface area (Å²) in [6.45, 7) is 7.36. The molecule has 1 heterocycles. The summed E-state index contributed by atoms with van der Waals surface area (Å²) in [6.07, 6.45) is 1.49. The third-order valence-corrected chi connectivity index (χ3v) is 5.24. The number of nitrogens with zero attached hydrogens (tertiary/aromatic N) is 1. The predicted octanol–water partition coefficient (Wildman–Crippen LogP) is 3.83. The Morgan fingerprint density at radius 1 is 1.08 bits per heavy atom. The van der Waals surface area contributed by atoms with Crippen molar-refractivity contribution in [1.29, 1.82) is 0 Å². The van der Waals surface area contributed by atoms with E-state index in [1.54, 1.807) is 0 Å². The Morgan fingerprint density at radius 3 is 2.58 bits per heavy atom. The van der Waals surface area contributed by atoms with Crippen molar-refractivity contribution in [2.45, 2.75) is 46.6 Å². The molecule has 1 amide bonds. The fraction of sp³-hybridized carbons (Fsp3) is 0.364. The number of benzene rings is 2. The number of fused-ring (bicyclic) bond motifs is 1. The van der Waals surface area contributed by atoms with Gasteiger partial charge in [-0.1, -0.05) is 29.8 Å². The normalized spacial score (nSPS) is 13.4. The van der Waals surface area contributed by atoms with Crippen LogP contribution in [0.15, 0.2) is 30.3 Å². The molecule has 0 atom stereocenters. The summed E-state index contributed by atoms with van der Waals surface area (Å²) in [5, 5.41) is 8.87. The lowest BCUT2D eigenvalue weighted by atomic mass is 9.94. The van der Waals surface area contributed by atoms with Gasteiger partial charge in [0, 0.05) is 25.1 Å². The molecule has 136 valence electrons. The van der Waals surface area contributed by atoms with Crippen LogP contribution in [-0.4, -0.2) is 28.4 Å². The van der Waals surface area contributed by atoms with E-state index in [4.69, 9.17) is 5.11 Å². The van der Waals surface area contributed by atoms with Crippen molar-refractivity contribution in [2.24, 2.45) is 0 Å². The van der Waals surface area contributed by atoms with Crippen LogP contribution in [0.1, 0.15) is 50.2 Å². The fourth-order valence-corrected chi connectivity index (χ4v) is 3.62. The second-order valence-electron chi connectivity index (χ2n) is 7.23. The summed E-state index contributed by atoms with van der Waals surface area (Å²) in [6, 6.07) is 10.2. The van der Waals surface area contributed by atoms with Gasteiger partial charge in [-0.2, -0.15) is 0 Å². The SMILES string of the molecule is Cc1cc(C)c(C)c(C(=O)N2CCc3ccc(CCC(=O)O)cc3C2)c1. The van der Waals surface area contributed by atoms with E-state index < -0.39 is 5.97 Å². The highest BCUT2D eigenvalue weighted by Crippen LogP contribution is 2.24. The highest BCUT2D eigenvalue weighted by molar-refractivity contribution is 5.96. The molecule has 0 unspecified atom stereocenters. The van der Waals surface area contributed by atoms with Gasteiger partial charge >= 0.3 is 5.97 Å². The number of hydrogen-bond donors (Lipinski definition) is 1. The van der Waals surface area contributed by atoms with E-state index >= 15 is 0 Å². The van der Waals surface area contributed by atoms with Gasteiger partial charge in [0.1, 0.15) is 0 Å². The predicted molar refractivity (Wildman–Crippen MR) is 101 cm³/mol. The molecule has 26 heavy (non-hydrogen) atoms. The molecule has 0 aromatic heterocycles. The number of amides is 1. The minimum atomic E-state index is -0.787. The molecule has 0 saturated heterocycles. The van der Waals surface area contributed by atoms with Gasteiger partial charge < -0.3 is 10.0 Å². The number of aryl methyl sites for hydroxylation is 3. The summed E-state index contributed by atoms with van der Waals surface area (Å²) >= 11 is 0. The molecule has 4 heteroatoms. The van der Waals surface area contributed by atoms with Gasteiger partial charge in [-0.05, 0) is 67.5 Å². The zero-order valence-corrected chi connectivity index (χ0v) is 15.6. The van der Waals surface area contributed by atoms with Gasteiger partial charge in [0.05, 0.1) is 0 Å². The number of carboxylic acids is 1. The smallest absolute Gasteiger partial charge is 0.303 e. The first-order chi connectivity index (χ1) is 12.3. The summed E-state index contributed by atoms with van der Waals surface area (Å²) in [5.74, 6) is -0.708. The van der Waals surface area contributed by atoms with Gasteiger partial charge in [0.2, 0.25) is 0 Å². The standard InChI is InChI=1S/C22H25NO3/c1-14-10-15(2)16(3)20(11-14)22(26)23-9-8-18-6-4-17(5-7-21(24)25)12-19(18)13-23/h4,6,10-12H,5,7-9,13H2,1-3H3,(H,24,25). The zero-order chi connectivity index (χ0) is 18.8. The van der Waals surface area contributed by atoms with Crippen LogP contribution in [-0.2, 0) is 24.2 Å². The number of rotatable bonds is 4. The van der Waals surface area contributed by atoms with Crippen molar-refractivity contribution in [3.05, 3.63) is 69.3 Å². The first-order valence-electron chi connectivity index (χ1n) is 9.04. The maximum atomic E-state index is 13.1. The Hall–Kier alpha value is -2.62. The lowest BCUT2D eigenvalue weighted by molar-refractivity contribution is -0.136. The molecule has 4 nitrogen and oxygen atoms in total. The second kappa shape index (κ2) is 7.32. The van der Waals surface area contributed by atoms with Crippen molar-refractivity contribution >= 4 is 11.9 Å². The number of hydrogen-bond acceptors (Lipinski definition) is 2. The van der Waals surface area contributed by atoms with E-state index in [0.717, 1.165) is 39.8 Å². The molecule has 1 aliphatic heterocycles. The van der Waals surface area contributed by atoms with Crippen LogP contribution in [0.4, 0.5) is 0 Å². The van der Waals surface area contributed by atoms with Gasteiger partial charge in [0.25, 0.3) is 5.91 Å². The monoisotopic (exact) mass is 351 g/mol. The fourth-order valence-electron chi connectivity index (χ4n) is 3.62. The summed E-state index contributed by atoms with van der Waals surface area (Å²) in [7, 11) is 0. The Morgan fingerprint density at radius 2 is 1.85 bits per heavy atom. The van der Waals surface area contributed by atoms with Gasteiger partial charge in [-0.15, -0.1) is 0 Å². The van der Waals surface area contributed by atoms with E-state index in [0.29, 0.717) is 19.5 Å². The maximum absolute atomic E-state index is 13.1. The van der Waals surface area contributed by atoms with Gasteiger partial charge in [-0.3, -0.25) is 9.59 Å². The van der Waals surface area contributed by atoms with Crippen LogP contribution in [0.5, 0.6) is 0 Å². The molecule has 0 spiro atoms. The third kappa shape index (κ3) is 3.79. The highest BCUT2D eigenvalue weighted by Gasteiger charge is 2.23. The molecule has 0 radical (unpaired) electrons. The summed E-state index contributed by atoms with van der Waals surface area (Å²) < 4.78 is 0. The van der Waals surface area contributed by atoms with Crippen LogP contribution in [0.2, 0.25) is 0 Å². The van der Waals surface area contributed by atoms with Gasteiger partial charge in [-0.25, -0.2) is 0 Å². The van der Waals surface area contributed by atoms with Crippen LogP contribution < -0.4 is 0 Å². The molecule has 1 N–H and O–H groups in total. The van der Waals surface area contributed by atoms with E-state index in [2.05, 4.69) is 18.2 Å². The molecule has 2 aromatic rings. The maximum Gasteiger partial charge on any atom is 0.303 e. The lowest BCUT2D eigenvalue weighted by Gasteiger charge is -2.30. The van der Waals surface area contributed by atoms with E-state index in [1.165, 1.54) is 5.56 Å². The molecule has 0 fully saturated rings. The second-order valence-corrected chi connectivity index (χ2v) is 7.23. The number of carboxylic acid groups (broad SMARTS) is 1. The number of carbonyl (C=O) groups is 2. The lowest BCUT2D eigenvalue weighted by Crippen LogP contribution is -2.36. The van der Waals surface area contributed by atoms with Crippen LogP contribution in [0.3, 0.4) is 0 Å². The van der Waals surface area contributed by atoms with Crippen molar-refractivity contribution in [3.8, 4) is 0 Å². The van der Waals surface area contributed by atoms with E-state index in [9.17, 15) is 9.59 Å². The minimum absolute atomic E-state index is 0.0795. The molecule has 2 aromatic carbocycles. The number of carbonyl (C=O) groups excluding carboxylic acids is 1. The topological polar surface area (TPSA) is 57.6 Å². The minimum Gasteiger partial charge on any atom is -0.481 e. The van der Waals surface area contributed by atoms with Crippen LogP contribution in [0.25, 0.3) is 0 Å². The Labute approximate surface area is 154 Å². The van der Waals surface area contributed by atoms with Gasteiger partial charge in [0.15, 0.2) is 0 Å². The highest BCUT2D eigenvalue weighted by atomic mass is 16.4. The summed E-state index contributed by atoms with van der Waals surface area (Å²) in [5.41, 5.74) is 7.48. The van der Waals surface area contributed by atoms with Crippen molar-refractivity contribution in [2.75, 3.05) is 6.54 Å². The molecule has 3 rings (SSSR count). The van der Waals surface area contributed by atoms with Crippen molar-refractivity contribution in [1.82, 2.24) is 4.90 Å². The van der Waals surface area contributed by atoms with Crippen LogP contribution >= 0.6 is 0 Å². The molecule has 0 bridgehead atoms. The van der Waals surface area contributed by atoms with Crippen molar-refractivity contribution in [3.63, 3.8) is 0 Å². The summed E-state index contributed by atoms with van der Waals surface area (Å²) in [4.78, 5) is 25.8. The molecule has 1 aliphatic rings. The largest absolute Gasteiger partial charge is 0.481 e. The van der Waals surface area contributed by atoms with E-state index in [1.807, 2.05) is 37.8 Å². The average Bonchev–Trinajstić information content (AvgIpc) is 2.61. The molecular formula is C22H25NO3. The molecule has 0 aliphatic carbocycles. The molecule has 0 saturated carbocycles. The third-order valence-electron chi connectivity index (χ3n) is 5.24. The van der Waals surface area contributed by atoms with Crippen molar-refractivity contribution < 1.29 is 14.7 Å². The molecular weight excluding hydrogens is 326 g/mol. The Kier molecular flexibility index (Phi) is 5.12. The first kappa shape index (κ1) is 18.2.